The average Bonchev–Trinajstić information content (AvgIpc) is 1.81. The van der Waals surface area contributed by atoms with E-state index in [9.17, 15) is 4.79 Å². The minimum absolute atomic E-state index is 0.112. The molecule has 0 aromatic rings. The number of hydrogen-bond donors (Lipinski definition) is 2. The third kappa shape index (κ3) is 7.78. The third-order valence-electron chi connectivity index (χ3n) is 1.56. The smallest absolute Gasteiger partial charge is 0.221 e. The maximum Gasteiger partial charge on any atom is 0.221 e. The first kappa shape index (κ1) is 12.4. The van der Waals surface area contributed by atoms with E-state index in [1.165, 1.54) is 0 Å². The zero-order valence-electron chi connectivity index (χ0n) is 9.40. The Balaban J connectivity index is 3.74. The molecule has 0 aliphatic carbocycles. The normalized spacial score (nSPS) is 13.9. The van der Waals surface area contributed by atoms with Crippen LogP contribution in [0.3, 0.4) is 0 Å². The zero-order chi connectivity index (χ0) is 10.5. The van der Waals surface area contributed by atoms with Gasteiger partial charge >= 0.3 is 0 Å². The van der Waals surface area contributed by atoms with Gasteiger partial charge in [0.15, 0.2) is 0 Å². The third-order valence-corrected chi connectivity index (χ3v) is 1.56. The summed E-state index contributed by atoms with van der Waals surface area (Å²) in [6.45, 7) is 10.9. The number of carbonyl (C=O) groups excluding carboxylic acids is 1. The van der Waals surface area contributed by atoms with Gasteiger partial charge in [-0.25, -0.2) is 0 Å². The van der Waals surface area contributed by atoms with E-state index in [4.69, 9.17) is 0 Å². The first-order valence-corrected chi connectivity index (χ1v) is 4.89. The van der Waals surface area contributed by atoms with E-state index in [0.29, 0.717) is 6.42 Å². The quantitative estimate of drug-likeness (QED) is 0.694. The molecule has 0 aliphatic heterocycles. The number of amides is 1. The van der Waals surface area contributed by atoms with E-state index >= 15 is 0 Å². The molecule has 2 N–H and O–H groups in total. The van der Waals surface area contributed by atoms with Crippen molar-refractivity contribution in [3.8, 4) is 0 Å². The van der Waals surface area contributed by atoms with Crippen molar-refractivity contribution in [2.45, 2.75) is 52.6 Å². The number of hydrogen-bond acceptors (Lipinski definition) is 2. The molecule has 0 fully saturated rings. The molecule has 0 rings (SSSR count). The molecule has 0 spiro atoms. The molecular formula is C10H22N2O. The molecule has 3 nitrogen and oxygen atoms in total. The van der Waals surface area contributed by atoms with Crippen molar-refractivity contribution in [2.75, 3.05) is 6.54 Å². The van der Waals surface area contributed by atoms with Crippen LogP contribution in [-0.2, 0) is 4.79 Å². The van der Waals surface area contributed by atoms with Gasteiger partial charge in [0.1, 0.15) is 0 Å². The maximum absolute atomic E-state index is 11.4. The summed E-state index contributed by atoms with van der Waals surface area (Å²) in [6, 6.07) is 0.257. The van der Waals surface area contributed by atoms with Crippen LogP contribution in [0.15, 0.2) is 0 Å². The summed E-state index contributed by atoms with van der Waals surface area (Å²) in [5, 5.41) is 6.13. The Morgan fingerprint density at radius 3 is 2.31 bits per heavy atom. The summed E-state index contributed by atoms with van der Waals surface area (Å²) >= 11 is 0. The fourth-order valence-electron chi connectivity index (χ4n) is 1.17. The molecule has 0 bridgehead atoms. The summed E-state index contributed by atoms with van der Waals surface area (Å²) in [7, 11) is 0. The van der Waals surface area contributed by atoms with Crippen LogP contribution in [0.5, 0.6) is 0 Å². The fourth-order valence-corrected chi connectivity index (χ4v) is 1.17. The lowest BCUT2D eigenvalue weighted by Crippen LogP contribution is -2.43. The van der Waals surface area contributed by atoms with Crippen molar-refractivity contribution in [3.63, 3.8) is 0 Å². The Morgan fingerprint density at radius 1 is 1.38 bits per heavy atom. The van der Waals surface area contributed by atoms with Crippen LogP contribution in [0.2, 0.25) is 0 Å². The van der Waals surface area contributed by atoms with Crippen molar-refractivity contribution < 1.29 is 4.79 Å². The second-order valence-corrected chi connectivity index (χ2v) is 4.46. The molecule has 0 aliphatic rings. The Hall–Kier alpha value is -0.570. The van der Waals surface area contributed by atoms with Gasteiger partial charge in [0.05, 0.1) is 0 Å². The molecule has 0 heterocycles. The van der Waals surface area contributed by atoms with Gasteiger partial charge in [-0.15, -0.1) is 0 Å². The number of nitrogens with one attached hydrogen (secondary N) is 2. The molecule has 13 heavy (non-hydrogen) atoms. The average molecular weight is 186 g/mol. The van der Waals surface area contributed by atoms with Crippen LogP contribution in [0, 0.1) is 0 Å². The van der Waals surface area contributed by atoms with Crippen molar-refractivity contribution in [1.82, 2.24) is 10.6 Å². The fraction of sp³-hybridized carbons (Fsp3) is 0.900. The molecule has 0 saturated heterocycles. The van der Waals surface area contributed by atoms with Crippen molar-refractivity contribution in [1.29, 1.82) is 0 Å². The Labute approximate surface area is 81.3 Å². The van der Waals surface area contributed by atoms with Crippen molar-refractivity contribution >= 4 is 5.91 Å². The van der Waals surface area contributed by atoms with Crippen LogP contribution in [0.25, 0.3) is 0 Å². The topological polar surface area (TPSA) is 41.1 Å². The highest BCUT2D eigenvalue weighted by molar-refractivity contribution is 5.77. The number of rotatable bonds is 4. The first-order valence-electron chi connectivity index (χ1n) is 4.89. The molecule has 0 radical (unpaired) electrons. The predicted molar refractivity (Wildman–Crippen MR) is 55.7 cm³/mol. The molecule has 1 amide bonds. The lowest BCUT2D eigenvalue weighted by molar-refractivity contribution is -0.122. The van der Waals surface area contributed by atoms with Gasteiger partial charge in [-0.1, -0.05) is 6.92 Å². The van der Waals surface area contributed by atoms with Gasteiger partial charge in [0.25, 0.3) is 0 Å². The first-order chi connectivity index (χ1) is 5.85. The SMILES string of the molecule is CCNC(C)CC(=O)NC(C)(C)C. The van der Waals surface area contributed by atoms with E-state index in [-0.39, 0.29) is 17.5 Å². The maximum atomic E-state index is 11.4. The van der Waals surface area contributed by atoms with E-state index in [2.05, 4.69) is 10.6 Å². The summed E-state index contributed by atoms with van der Waals surface area (Å²) in [5.41, 5.74) is -0.122. The molecule has 0 saturated carbocycles. The molecule has 0 aromatic heterocycles. The van der Waals surface area contributed by atoms with E-state index < -0.39 is 0 Å². The van der Waals surface area contributed by atoms with Crippen LogP contribution in [0.1, 0.15) is 41.0 Å². The highest BCUT2D eigenvalue weighted by Crippen LogP contribution is 2.00. The summed E-state index contributed by atoms with van der Waals surface area (Å²) in [4.78, 5) is 11.4. The molecule has 0 aromatic carbocycles. The second kappa shape index (κ2) is 5.22. The minimum Gasteiger partial charge on any atom is -0.351 e. The van der Waals surface area contributed by atoms with Crippen LogP contribution >= 0.6 is 0 Å². The van der Waals surface area contributed by atoms with Crippen LogP contribution < -0.4 is 10.6 Å². The second-order valence-electron chi connectivity index (χ2n) is 4.46. The van der Waals surface area contributed by atoms with Gasteiger partial charge in [0, 0.05) is 18.0 Å². The molecule has 3 heteroatoms. The van der Waals surface area contributed by atoms with Gasteiger partial charge in [0.2, 0.25) is 5.91 Å². The largest absolute Gasteiger partial charge is 0.351 e. The Bertz CT molecular complexity index is 161. The van der Waals surface area contributed by atoms with Gasteiger partial charge in [-0.3, -0.25) is 4.79 Å². The lowest BCUT2D eigenvalue weighted by atomic mass is 10.1. The van der Waals surface area contributed by atoms with E-state index in [0.717, 1.165) is 6.54 Å². The van der Waals surface area contributed by atoms with E-state index in [1.54, 1.807) is 0 Å². The highest BCUT2D eigenvalue weighted by Gasteiger charge is 2.15. The summed E-state index contributed by atoms with van der Waals surface area (Å²) < 4.78 is 0. The molecule has 78 valence electrons. The lowest BCUT2D eigenvalue weighted by Gasteiger charge is -2.22. The highest BCUT2D eigenvalue weighted by atomic mass is 16.1. The van der Waals surface area contributed by atoms with Gasteiger partial charge < -0.3 is 10.6 Å². The Morgan fingerprint density at radius 2 is 1.92 bits per heavy atom. The van der Waals surface area contributed by atoms with E-state index in [1.807, 2.05) is 34.6 Å². The summed E-state index contributed by atoms with van der Waals surface area (Å²) in [5.74, 6) is 0.112. The minimum atomic E-state index is -0.122. The zero-order valence-corrected chi connectivity index (χ0v) is 9.40. The monoisotopic (exact) mass is 186 g/mol. The van der Waals surface area contributed by atoms with Crippen LogP contribution in [0.4, 0.5) is 0 Å². The molecular weight excluding hydrogens is 164 g/mol. The van der Waals surface area contributed by atoms with Crippen molar-refractivity contribution in [3.05, 3.63) is 0 Å². The summed E-state index contributed by atoms with van der Waals surface area (Å²) in [6.07, 6.45) is 0.547. The number of carbonyl (C=O) groups is 1. The predicted octanol–water partition coefficient (Wildman–Crippen LogP) is 1.29. The standard InChI is InChI=1S/C10H22N2O/c1-6-11-8(2)7-9(13)12-10(3,4)5/h8,11H,6-7H2,1-5H3,(H,12,13). The molecule has 1 atom stereocenters. The van der Waals surface area contributed by atoms with Gasteiger partial charge in [-0.2, -0.15) is 0 Å². The Kier molecular flexibility index (Phi) is 4.99. The van der Waals surface area contributed by atoms with Crippen molar-refractivity contribution in [2.24, 2.45) is 0 Å². The van der Waals surface area contributed by atoms with Crippen LogP contribution in [-0.4, -0.2) is 24.0 Å². The molecule has 1 unspecified atom stereocenters. The van der Waals surface area contributed by atoms with Gasteiger partial charge in [-0.05, 0) is 34.2 Å².